The van der Waals surface area contributed by atoms with Crippen molar-refractivity contribution in [1.82, 2.24) is 9.55 Å². The first-order valence-electron chi connectivity index (χ1n) is 7.94. The number of nitrogens with one attached hydrogen (secondary N) is 1. The molecule has 1 aromatic carbocycles. The fraction of sp³-hybridized carbons (Fsp3) is 0.353. The molecule has 1 amide bonds. The third-order valence-corrected chi connectivity index (χ3v) is 4.01. The van der Waals surface area contributed by atoms with E-state index in [1.54, 1.807) is 6.92 Å². The van der Waals surface area contributed by atoms with Gasteiger partial charge < -0.3 is 10.6 Å². The van der Waals surface area contributed by atoms with Crippen LogP contribution in [0.3, 0.4) is 0 Å². The lowest BCUT2D eigenvalue weighted by Gasteiger charge is -2.20. The number of aryl methyl sites for hydroxylation is 1. The number of nitrogens with two attached hydrogens (primary N) is 1. The Bertz CT molecular complexity index is 917. The van der Waals surface area contributed by atoms with E-state index in [0.29, 0.717) is 18.5 Å². The molecule has 3 N–H and O–H groups in total. The van der Waals surface area contributed by atoms with Crippen molar-refractivity contribution in [2.75, 3.05) is 17.7 Å². The summed E-state index contributed by atoms with van der Waals surface area (Å²) in [7, 11) is 1.36. The van der Waals surface area contributed by atoms with Crippen molar-refractivity contribution in [2.24, 2.45) is 0 Å². The van der Waals surface area contributed by atoms with E-state index in [9.17, 15) is 18.8 Å². The first kappa shape index (κ1) is 18.4. The zero-order chi connectivity index (χ0) is 18.7. The Morgan fingerprint density at radius 3 is 2.64 bits per heavy atom. The van der Waals surface area contributed by atoms with E-state index in [4.69, 9.17) is 5.73 Å². The lowest BCUT2D eigenvalue weighted by molar-refractivity contribution is 0.0992. The molecule has 2 aromatic rings. The number of amides is 1. The maximum absolute atomic E-state index is 13.7. The number of hydrogen-bond acceptors (Lipinski definition) is 4. The quantitative estimate of drug-likeness (QED) is 0.858. The number of nitrogens with zero attached hydrogens (tertiary/aromatic N) is 2. The average molecular weight is 348 g/mol. The summed E-state index contributed by atoms with van der Waals surface area (Å²) in [5.41, 5.74) is 4.93. The maximum atomic E-state index is 13.7. The van der Waals surface area contributed by atoms with Crippen LogP contribution in [0.4, 0.5) is 15.9 Å². The second-order valence-electron chi connectivity index (χ2n) is 5.83. The highest BCUT2D eigenvalue weighted by Gasteiger charge is 2.22. The van der Waals surface area contributed by atoms with Crippen LogP contribution in [0.15, 0.2) is 27.8 Å². The van der Waals surface area contributed by atoms with E-state index < -0.39 is 23.0 Å². The fourth-order valence-corrected chi connectivity index (χ4v) is 2.46. The van der Waals surface area contributed by atoms with Crippen LogP contribution in [0.5, 0.6) is 0 Å². The first-order chi connectivity index (χ1) is 11.8. The molecule has 0 spiro atoms. The summed E-state index contributed by atoms with van der Waals surface area (Å²) in [5.74, 6) is -1.21. The molecule has 0 aliphatic carbocycles. The van der Waals surface area contributed by atoms with E-state index in [1.807, 2.05) is 6.92 Å². The normalized spacial score (nSPS) is 10.7. The highest BCUT2D eigenvalue weighted by Crippen LogP contribution is 2.19. The van der Waals surface area contributed by atoms with E-state index in [2.05, 4.69) is 4.98 Å². The first-order valence-corrected chi connectivity index (χ1v) is 7.94. The van der Waals surface area contributed by atoms with Crippen LogP contribution in [-0.4, -0.2) is 22.5 Å². The predicted molar refractivity (Wildman–Crippen MR) is 94.5 cm³/mol. The van der Waals surface area contributed by atoms with Crippen molar-refractivity contribution in [3.05, 3.63) is 56.0 Å². The topological polar surface area (TPSA) is 101 Å². The summed E-state index contributed by atoms with van der Waals surface area (Å²) in [6.07, 6.45) is 1.52. The van der Waals surface area contributed by atoms with E-state index in [1.165, 1.54) is 23.7 Å². The number of H-pyrrole nitrogens is 1. The number of unbranched alkanes of at least 4 members (excludes halogenated alkanes) is 1. The van der Waals surface area contributed by atoms with Gasteiger partial charge in [0, 0.05) is 19.2 Å². The van der Waals surface area contributed by atoms with Crippen molar-refractivity contribution >= 4 is 17.4 Å². The summed E-state index contributed by atoms with van der Waals surface area (Å²) >= 11 is 0. The SMILES string of the molecule is CCCCn1c(N)c(N(C)C(=O)c2ccc(C)c(F)c2)c(=O)[nH]c1=O. The van der Waals surface area contributed by atoms with Gasteiger partial charge in [0.25, 0.3) is 11.5 Å². The third kappa shape index (κ3) is 3.62. The van der Waals surface area contributed by atoms with Gasteiger partial charge in [-0.3, -0.25) is 19.1 Å². The molecule has 25 heavy (non-hydrogen) atoms. The van der Waals surface area contributed by atoms with Crippen LogP contribution in [0.2, 0.25) is 0 Å². The molecule has 0 aliphatic heterocycles. The van der Waals surface area contributed by atoms with Crippen LogP contribution < -0.4 is 21.9 Å². The average Bonchev–Trinajstić information content (AvgIpc) is 2.56. The van der Waals surface area contributed by atoms with Crippen molar-refractivity contribution in [3.63, 3.8) is 0 Å². The zero-order valence-electron chi connectivity index (χ0n) is 14.4. The van der Waals surface area contributed by atoms with Crippen LogP contribution in [0.25, 0.3) is 0 Å². The Kier molecular flexibility index (Phi) is 5.41. The molecule has 1 aromatic heterocycles. The number of carbonyl (C=O) groups is 1. The molecule has 0 fully saturated rings. The van der Waals surface area contributed by atoms with Crippen LogP contribution in [0.1, 0.15) is 35.7 Å². The molecule has 0 saturated carbocycles. The minimum Gasteiger partial charge on any atom is -0.383 e. The number of carbonyl (C=O) groups excluding carboxylic acids is 1. The molecule has 0 atom stereocenters. The molecular weight excluding hydrogens is 327 g/mol. The monoisotopic (exact) mass is 348 g/mol. The second-order valence-corrected chi connectivity index (χ2v) is 5.83. The Balaban J connectivity index is 2.49. The summed E-state index contributed by atoms with van der Waals surface area (Å²) in [6.45, 7) is 3.86. The van der Waals surface area contributed by atoms with E-state index in [-0.39, 0.29) is 17.1 Å². The number of rotatable bonds is 5. The molecular formula is C17H21FN4O3. The second kappa shape index (κ2) is 7.33. The van der Waals surface area contributed by atoms with Crippen molar-refractivity contribution in [2.45, 2.75) is 33.2 Å². The molecule has 0 bridgehead atoms. The lowest BCUT2D eigenvalue weighted by Crippen LogP contribution is -2.39. The van der Waals surface area contributed by atoms with Gasteiger partial charge in [-0.25, -0.2) is 9.18 Å². The van der Waals surface area contributed by atoms with Crippen molar-refractivity contribution < 1.29 is 9.18 Å². The largest absolute Gasteiger partial charge is 0.383 e. The lowest BCUT2D eigenvalue weighted by atomic mass is 10.1. The molecule has 8 heteroatoms. The minimum absolute atomic E-state index is 0.0794. The van der Waals surface area contributed by atoms with Crippen molar-refractivity contribution in [3.8, 4) is 0 Å². The molecule has 0 unspecified atom stereocenters. The Morgan fingerprint density at radius 2 is 2.04 bits per heavy atom. The third-order valence-electron chi connectivity index (χ3n) is 4.01. The van der Waals surface area contributed by atoms with Gasteiger partial charge in [0.2, 0.25) is 0 Å². The Labute approximate surface area is 143 Å². The number of hydrogen-bond donors (Lipinski definition) is 2. The Morgan fingerprint density at radius 1 is 1.36 bits per heavy atom. The molecule has 0 aliphatic rings. The number of anilines is 2. The highest BCUT2D eigenvalue weighted by molar-refractivity contribution is 6.06. The molecule has 0 radical (unpaired) electrons. The number of aromatic nitrogens is 2. The summed E-state index contributed by atoms with van der Waals surface area (Å²) < 4.78 is 14.9. The van der Waals surface area contributed by atoms with Gasteiger partial charge in [0.1, 0.15) is 11.6 Å². The minimum atomic E-state index is -0.765. The number of benzene rings is 1. The van der Waals surface area contributed by atoms with Gasteiger partial charge in [0.05, 0.1) is 0 Å². The fourth-order valence-electron chi connectivity index (χ4n) is 2.46. The summed E-state index contributed by atoms with van der Waals surface area (Å²) in [5, 5.41) is 0. The van der Waals surface area contributed by atoms with Gasteiger partial charge in [-0.2, -0.15) is 0 Å². The highest BCUT2D eigenvalue weighted by atomic mass is 19.1. The molecule has 1 heterocycles. The number of halogens is 1. The smallest absolute Gasteiger partial charge is 0.330 e. The molecule has 2 rings (SSSR count). The number of nitrogen functional groups attached to an aromatic ring is 1. The molecule has 7 nitrogen and oxygen atoms in total. The van der Waals surface area contributed by atoms with Gasteiger partial charge in [0.15, 0.2) is 5.69 Å². The van der Waals surface area contributed by atoms with E-state index in [0.717, 1.165) is 17.4 Å². The predicted octanol–water partition coefficient (Wildman–Crippen LogP) is 1.64. The van der Waals surface area contributed by atoms with E-state index >= 15 is 0 Å². The molecule has 0 saturated heterocycles. The van der Waals surface area contributed by atoms with Crippen LogP contribution >= 0.6 is 0 Å². The van der Waals surface area contributed by atoms with Crippen LogP contribution in [-0.2, 0) is 6.54 Å². The van der Waals surface area contributed by atoms with Gasteiger partial charge in [-0.05, 0) is 31.0 Å². The van der Waals surface area contributed by atoms with Gasteiger partial charge >= 0.3 is 5.69 Å². The van der Waals surface area contributed by atoms with Crippen LogP contribution in [0, 0.1) is 12.7 Å². The van der Waals surface area contributed by atoms with Crippen molar-refractivity contribution in [1.29, 1.82) is 0 Å². The number of aromatic amines is 1. The zero-order valence-corrected chi connectivity index (χ0v) is 14.4. The maximum Gasteiger partial charge on any atom is 0.330 e. The summed E-state index contributed by atoms with van der Waals surface area (Å²) in [6, 6.07) is 4.05. The van der Waals surface area contributed by atoms with Gasteiger partial charge in [-0.15, -0.1) is 0 Å². The van der Waals surface area contributed by atoms with Gasteiger partial charge in [-0.1, -0.05) is 19.4 Å². The Hall–Kier alpha value is -2.90. The molecule has 134 valence electrons. The summed E-state index contributed by atoms with van der Waals surface area (Å²) in [4.78, 5) is 39.9. The standard InChI is InChI=1S/C17H21FN4O3/c1-4-5-8-22-14(19)13(15(23)20-17(22)25)21(3)16(24)11-7-6-10(2)12(18)9-11/h6-7,9H,4-5,8,19H2,1-3H3,(H,20,23,25).